The standard InChI is InChI=1S/C31H34N2O2S/c1-21-9-8-14-29-27-18-24(23-12-6-3-7-13-23)15-16-25(27)19-28(31(35)33(21)29)32-30(34)26(20-36)17-22-10-4-2-5-11-22/h2-7,10-13,15-16,18,21,26,28-29,36H,8-9,14,17,19-20H2,1H3,(H,32,34)/t21?,26-,28+,29?/m1/s1. The Kier molecular flexibility index (Phi) is 7.47. The third kappa shape index (κ3) is 5.08. The third-order valence-electron chi connectivity index (χ3n) is 7.73. The summed E-state index contributed by atoms with van der Waals surface area (Å²) >= 11 is 4.47. The number of carbonyl (C=O) groups is 2. The molecule has 2 aliphatic heterocycles. The minimum Gasteiger partial charge on any atom is -0.344 e. The largest absolute Gasteiger partial charge is 0.344 e. The molecule has 0 spiro atoms. The van der Waals surface area contributed by atoms with Crippen LogP contribution in [0.3, 0.4) is 0 Å². The number of carbonyl (C=O) groups excluding carboxylic acids is 2. The predicted molar refractivity (Wildman–Crippen MR) is 148 cm³/mol. The summed E-state index contributed by atoms with van der Waals surface area (Å²) in [4.78, 5) is 29.3. The molecule has 2 aliphatic rings. The van der Waals surface area contributed by atoms with Gasteiger partial charge in [-0.25, -0.2) is 0 Å². The van der Waals surface area contributed by atoms with Crippen LogP contribution in [0.2, 0.25) is 0 Å². The minimum absolute atomic E-state index is 0.0376. The molecular weight excluding hydrogens is 464 g/mol. The normalized spacial score (nSPS) is 22.2. The Morgan fingerprint density at radius 3 is 2.44 bits per heavy atom. The van der Waals surface area contributed by atoms with Crippen molar-refractivity contribution in [1.82, 2.24) is 10.2 Å². The number of nitrogens with zero attached hydrogens (tertiary/aromatic N) is 1. The summed E-state index contributed by atoms with van der Waals surface area (Å²) in [6.45, 7) is 2.14. The van der Waals surface area contributed by atoms with Gasteiger partial charge in [0.1, 0.15) is 6.04 Å². The molecule has 0 bridgehead atoms. The second-order valence-corrected chi connectivity index (χ2v) is 10.5. The molecule has 1 N–H and O–H groups in total. The van der Waals surface area contributed by atoms with E-state index in [1.54, 1.807) is 0 Å². The summed E-state index contributed by atoms with van der Waals surface area (Å²) in [5.74, 6) is 0.0798. The Morgan fingerprint density at radius 2 is 1.72 bits per heavy atom. The van der Waals surface area contributed by atoms with Gasteiger partial charge in [0, 0.05) is 18.2 Å². The van der Waals surface area contributed by atoms with Crippen molar-refractivity contribution >= 4 is 24.4 Å². The number of fused-ring (bicyclic) bond motifs is 3. The summed E-state index contributed by atoms with van der Waals surface area (Å²) in [7, 11) is 0. The van der Waals surface area contributed by atoms with Crippen LogP contribution in [-0.2, 0) is 22.4 Å². The van der Waals surface area contributed by atoms with Crippen LogP contribution >= 0.6 is 12.6 Å². The van der Waals surface area contributed by atoms with Crippen molar-refractivity contribution in [3.8, 4) is 11.1 Å². The molecule has 0 aliphatic carbocycles. The maximum Gasteiger partial charge on any atom is 0.246 e. The molecule has 36 heavy (non-hydrogen) atoms. The average molecular weight is 499 g/mol. The number of thiol groups is 1. The Labute approximate surface area is 219 Å². The van der Waals surface area contributed by atoms with Crippen LogP contribution in [-0.4, -0.2) is 34.6 Å². The van der Waals surface area contributed by atoms with Crippen LogP contribution in [0.1, 0.15) is 48.9 Å². The van der Waals surface area contributed by atoms with E-state index in [2.05, 4.69) is 72.2 Å². The first-order chi connectivity index (χ1) is 17.5. The summed E-state index contributed by atoms with van der Waals surface area (Å²) in [6, 6.07) is 26.6. The van der Waals surface area contributed by atoms with Gasteiger partial charge in [-0.3, -0.25) is 9.59 Å². The lowest BCUT2D eigenvalue weighted by atomic mass is 9.88. The van der Waals surface area contributed by atoms with Crippen molar-refractivity contribution < 1.29 is 9.59 Å². The molecule has 1 fully saturated rings. The highest BCUT2D eigenvalue weighted by Crippen LogP contribution is 2.40. The van der Waals surface area contributed by atoms with Crippen LogP contribution in [0.25, 0.3) is 11.1 Å². The zero-order valence-corrected chi connectivity index (χ0v) is 21.7. The average Bonchev–Trinajstić information content (AvgIpc) is 3.03. The molecule has 0 radical (unpaired) electrons. The van der Waals surface area contributed by atoms with E-state index in [-0.39, 0.29) is 29.8 Å². The lowest BCUT2D eigenvalue weighted by Gasteiger charge is -2.41. The molecule has 2 unspecified atom stereocenters. The summed E-state index contributed by atoms with van der Waals surface area (Å²) in [6.07, 6.45) is 4.16. The SMILES string of the molecule is CC1CCCC2c3cc(-c4ccccc4)ccc3C[C@H](NC(=O)[C@@H](CS)Cc3ccccc3)C(=O)N12. The van der Waals surface area contributed by atoms with Gasteiger partial charge in [-0.05, 0) is 66.5 Å². The zero-order chi connectivity index (χ0) is 25.1. The Hall–Kier alpha value is -3.05. The van der Waals surface area contributed by atoms with Crippen molar-refractivity contribution in [2.24, 2.45) is 5.92 Å². The van der Waals surface area contributed by atoms with Gasteiger partial charge in [-0.1, -0.05) is 72.8 Å². The molecule has 5 rings (SSSR count). The second kappa shape index (κ2) is 10.9. The van der Waals surface area contributed by atoms with E-state index >= 15 is 0 Å². The van der Waals surface area contributed by atoms with Crippen LogP contribution in [0.15, 0.2) is 78.9 Å². The lowest BCUT2D eigenvalue weighted by molar-refractivity contribution is -0.142. The van der Waals surface area contributed by atoms with E-state index in [9.17, 15) is 9.59 Å². The number of nitrogens with one attached hydrogen (secondary N) is 1. The van der Waals surface area contributed by atoms with Crippen LogP contribution in [0, 0.1) is 5.92 Å². The van der Waals surface area contributed by atoms with Gasteiger partial charge in [0.25, 0.3) is 0 Å². The van der Waals surface area contributed by atoms with Crippen molar-refractivity contribution in [3.05, 3.63) is 95.6 Å². The van der Waals surface area contributed by atoms with Gasteiger partial charge in [-0.2, -0.15) is 12.6 Å². The second-order valence-electron chi connectivity index (χ2n) is 10.2. The molecule has 4 atom stereocenters. The topological polar surface area (TPSA) is 49.4 Å². The fourth-order valence-electron chi connectivity index (χ4n) is 5.80. The fraction of sp³-hybridized carbons (Fsp3) is 0.355. The van der Waals surface area contributed by atoms with E-state index in [4.69, 9.17) is 0 Å². The number of hydrogen-bond acceptors (Lipinski definition) is 3. The predicted octanol–water partition coefficient (Wildman–Crippen LogP) is 5.63. The number of hydrogen-bond donors (Lipinski definition) is 2. The molecule has 2 amide bonds. The zero-order valence-electron chi connectivity index (χ0n) is 20.8. The van der Waals surface area contributed by atoms with Crippen LogP contribution < -0.4 is 5.32 Å². The smallest absolute Gasteiger partial charge is 0.246 e. The van der Waals surface area contributed by atoms with Crippen molar-refractivity contribution in [2.45, 2.75) is 57.2 Å². The lowest BCUT2D eigenvalue weighted by Crippen LogP contribution is -2.54. The maximum absolute atomic E-state index is 13.9. The molecule has 1 saturated heterocycles. The fourth-order valence-corrected chi connectivity index (χ4v) is 6.09. The van der Waals surface area contributed by atoms with Gasteiger partial charge >= 0.3 is 0 Å². The highest BCUT2D eigenvalue weighted by Gasteiger charge is 2.41. The summed E-state index contributed by atoms with van der Waals surface area (Å²) in [5, 5.41) is 3.14. The van der Waals surface area contributed by atoms with E-state index in [0.717, 1.165) is 30.4 Å². The Bertz CT molecular complexity index is 1210. The molecule has 4 nitrogen and oxygen atoms in total. The molecule has 2 heterocycles. The molecular formula is C31H34N2O2S. The first-order valence-corrected chi connectivity index (χ1v) is 13.6. The molecule has 5 heteroatoms. The van der Waals surface area contributed by atoms with Crippen LogP contribution in [0.4, 0.5) is 0 Å². The van der Waals surface area contributed by atoms with Gasteiger partial charge in [0.2, 0.25) is 11.8 Å². The third-order valence-corrected chi connectivity index (χ3v) is 8.17. The maximum atomic E-state index is 13.9. The van der Waals surface area contributed by atoms with E-state index in [0.29, 0.717) is 18.6 Å². The Morgan fingerprint density at radius 1 is 1.00 bits per heavy atom. The minimum atomic E-state index is -0.567. The highest BCUT2D eigenvalue weighted by molar-refractivity contribution is 7.80. The van der Waals surface area contributed by atoms with Crippen molar-refractivity contribution in [1.29, 1.82) is 0 Å². The molecule has 0 saturated carbocycles. The van der Waals surface area contributed by atoms with Gasteiger partial charge in [0.05, 0.1) is 12.0 Å². The monoisotopic (exact) mass is 498 g/mol. The van der Waals surface area contributed by atoms with E-state index in [1.807, 2.05) is 36.4 Å². The number of amides is 2. The first kappa shape index (κ1) is 24.6. The highest BCUT2D eigenvalue weighted by atomic mass is 32.1. The first-order valence-electron chi connectivity index (χ1n) is 13.0. The molecule has 3 aromatic rings. The number of rotatable bonds is 6. The van der Waals surface area contributed by atoms with Crippen molar-refractivity contribution in [3.63, 3.8) is 0 Å². The van der Waals surface area contributed by atoms with E-state index < -0.39 is 6.04 Å². The molecule has 0 aromatic heterocycles. The van der Waals surface area contributed by atoms with Gasteiger partial charge in [-0.15, -0.1) is 0 Å². The molecule has 3 aromatic carbocycles. The van der Waals surface area contributed by atoms with E-state index in [1.165, 1.54) is 16.7 Å². The van der Waals surface area contributed by atoms with Crippen molar-refractivity contribution in [2.75, 3.05) is 5.75 Å². The molecule has 186 valence electrons. The number of benzene rings is 3. The quantitative estimate of drug-likeness (QED) is 0.433. The Balaban J connectivity index is 1.45. The number of piperidine rings is 1. The summed E-state index contributed by atoms with van der Waals surface area (Å²) < 4.78 is 0. The van der Waals surface area contributed by atoms with Gasteiger partial charge < -0.3 is 10.2 Å². The summed E-state index contributed by atoms with van der Waals surface area (Å²) in [5.41, 5.74) is 5.82. The van der Waals surface area contributed by atoms with Gasteiger partial charge in [0.15, 0.2) is 0 Å². The van der Waals surface area contributed by atoms with Crippen LogP contribution in [0.5, 0.6) is 0 Å².